The van der Waals surface area contributed by atoms with Gasteiger partial charge in [-0.25, -0.2) is 9.13 Å². The van der Waals surface area contributed by atoms with Crippen molar-refractivity contribution in [3.63, 3.8) is 0 Å². The molecule has 0 saturated carbocycles. The Kier molecular flexibility index (Phi) is 4.32. The van der Waals surface area contributed by atoms with Gasteiger partial charge in [0.05, 0.1) is 21.2 Å². The van der Waals surface area contributed by atoms with E-state index in [9.17, 15) is 0 Å². The molecule has 0 saturated heterocycles. The van der Waals surface area contributed by atoms with Gasteiger partial charge in [0.15, 0.2) is 11.0 Å². The van der Waals surface area contributed by atoms with Gasteiger partial charge in [-0.2, -0.15) is 0 Å². The van der Waals surface area contributed by atoms with Crippen molar-refractivity contribution in [2.24, 2.45) is 14.1 Å². The lowest BCUT2D eigenvalue weighted by atomic mass is 10.2. The van der Waals surface area contributed by atoms with Gasteiger partial charge < -0.3 is 28.7 Å². The quantitative estimate of drug-likeness (QED) is 0.441. The summed E-state index contributed by atoms with van der Waals surface area (Å²) in [5, 5.41) is 0. The van der Waals surface area contributed by atoms with Gasteiger partial charge >= 0.3 is 0 Å². The summed E-state index contributed by atoms with van der Waals surface area (Å²) in [4.78, 5) is 0. The van der Waals surface area contributed by atoms with Crippen LogP contribution in [0.3, 0.4) is 0 Å². The molecule has 2 aromatic carbocycles. The molecule has 0 aliphatic carbocycles. The number of aryl methyl sites for hydroxylation is 2. The zero-order valence-corrected chi connectivity index (χ0v) is 14.0. The molecule has 0 spiro atoms. The number of fused-ring (bicyclic) bond motifs is 1. The first-order chi connectivity index (χ1) is 9.24. The van der Waals surface area contributed by atoms with Crippen LogP contribution >= 0.6 is 0 Å². The van der Waals surface area contributed by atoms with Crippen LogP contribution in [-0.4, -0.2) is 11.7 Å². The minimum absolute atomic E-state index is 0. The second kappa shape index (κ2) is 5.83. The normalized spacial score (nSPS) is 10.3. The fraction of sp³-hybridized carbons (Fsp3) is 0.188. The fourth-order valence-electron chi connectivity index (χ4n) is 2.68. The number of para-hydroxylation sites is 3. The van der Waals surface area contributed by atoms with Gasteiger partial charge in [0, 0.05) is 0 Å². The highest BCUT2D eigenvalue weighted by atomic mass is 127. The predicted octanol–water partition coefficient (Wildman–Crippen LogP) is -0.318. The van der Waals surface area contributed by atoms with Gasteiger partial charge in [-0.1, -0.05) is 24.3 Å². The Bertz CT molecular complexity index is 710. The van der Waals surface area contributed by atoms with Crippen molar-refractivity contribution in [2.75, 3.05) is 7.11 Å². The third-order valence-corrected chi connectivity index (χ3v) is 3.59. The van der Waals surface area contributed by atoms with Crippen LogP contribution in [-0.2, 0) is 14.1 Å². The maximum atomic E-state index is 5.48. The van der Waals surface area contributed by atoms with Gasteiger partial charge in [-0.15, -0.1) is 0 Å². The summed E-state index contributed by atoms with van der Waals surface area (Å²) in [6.07, 6.45) is 0. The number of halogens is 1. The number of rotatable bonds is 2. The number of aromatic nitrogens is 2. The van der Waals surface area contributed by atoms with E-state index in [-0.39, 0.29) is 24.0 Å². The van der Waals surface area contributed by atoms with Crippen LogP contribution in [0.2, 0.25) is 0 Å². The summed E-state index contributed by atoms with van der Waals surface area (Å²) in [5.41, 5.74) is 3.53. The topological polar surface area (TPSA) is 18.0 Å². The smallest absolute Gasteiger partial charge is 0.293 e. The first kappa shape index (κ1) is 14.8. The van der Waals surface area contributed by atoms with Crippen LogP contribution in [0.25, 0.3) is 22.4 Å². The largest absolute Gasteiger partial charge is 1.00 e. The Morgan fingerprint density at radius 1 is 1.00 bits per heavy atom. The number of hydrogen-bond acceptors (Lipinski definition) is 1. The second-order valence-electron chi connectivity index (χ2n) is 4.63. The minimum Gasteiger partial charge on any atom is -1.00 e. The molecule has 3 nitrogen and oxygen atoms in total. The molecular weight excluding hydrogens is 363 g/mol. The average molecular weight is 380 g/mol. The lowest BCUT2D eigenvalue weighted by Gasteiger charge is -2.05. The third kappa shape index (κ3) is 2.18. The molecule has 0 N–H and O–H groups in total. The van der Waals surface area contributed by atoms with E-state index in [0.29, 0.717) is 0 Å². The molecule has 3 aromatic rings. The number of hydrogen-bond donors (Lipinski definition) is 0. The molecule has 0 aliphatic heterocycles. The van der Waals surface area contributed by atoms with Gasteiger partial charge in [0.25, 0.3) is 5.82 Å². The van der Waals surface area contributed by atoms with E-state index in [4.69, 9.17) is 4.74 Å². The molecule has 3 rings (SSSR count). The number of benzene rings is 2. The molecule has 4 heteroatoms. The second-order valence-corrected chi connectivity index (χ2v) is 4.63. The lowest BCUT2D eigenvalue weighted by molar-refractivity contribution is -0.634. The zero-order valence-electron chi connectivity index (χ0n) is 11.8. The van der Waals surface area contributed by atoms with Crippen molar-refractivity contribution in [3.8, 4) is 17.1 Å². The molecular formula is C16H17IN2O. The number of nitrogens with zero attached hydrogens (tertiary/aromatic N) is 2. The summed E-state index contributed by atoms with van der Waals surface area (Å²) >= 11 is 0. The predicted molar refractivity (Wildman–Crippen MR) is 76.1 cm³/mol. The van der Waals surface area contributed by atoms with Crippen LogP contribution in [0.1, 0.15) is 0 Å². The van der Waals surface area contributed by atoms with Crippen LogP contribution < -0.4 is 33.3 Å². The minimum atomic E-state index is 0. The molecule has 1 heterocycles. The molecule has 0 radical (unpaired) electrons. The summed E-state index contributed by atoms with van der Waals surface area (Å²) in [6.45, 7) is 0. The third-order valence-electron chi connectivity index (χ3n) is 3.59. The lowest BCUT2D eigenvalue weighted by Crippen LogP contribution is -3.00. The van der Waals surface area contributed by atoms with Gasteiger partial charge in [-0.05, 0) is 24.3 Å². The first-order valence-electron chi connectivity index (χ1n) is 6.31. The molecule has 104 valence electrons. The highest BCUT2D eigenvalue weighted by molar-refractivity contribution is 5.77. The fourth-order valence-corrected chi connectivity index (χ4v) is 2.68. The van der Waals surface area contributed by atoms with Gasteiger partial charge in [0.1, 0.15) is 11.3 Å². The summed E-state index contributed by atoms with van der Waals surface area (Å²) in [5.74, 6) is 2.03. The number of methoxy groups -OCH3 is 1. The molecule has 0 atom stereocenters. The zero-order chi connectivity index (χ0) is 13.4. The molecule has 0 amide bonds. The van der Waals surface area contributed by atoms with Crippen molar-refractivity contribution in [2.45, 2.75) is 0 Å². The molecule has 0 unspecified atom stereocenters. The number of ether oxygens (including phenoxy) is 1. The Morgan fingerprint density at radius 2 is 1.65 bits per heavy atom. The van der Waals surface area contributed by atoms with Crippen molar-refractivity contribution >= 4 is 11.0 Å². The standard InChI is InChI=1S/C16H17N2O.HI/c1-17-13-9-5-6-10-14(13)18(2)16(17)12-8-4-7-11-15(12)19-3;/h4-11H,1-3H3;1H/q+1;/p-1. The maximum absolute atomic E-state index is 5.48. The highest BCUT2D eigenvalue weighted by Crippen LogP contribution is 2.29. The van der Waals surface area contributed by atoms with Crippen LogP contribution in [0, 0.1) is 0 Å². The monoisotopic (exact) mass is 380 g/mol. The maximum Gasteiger partial charge on any atom is 0.293 e. The van der Waals surface area contributed by atoms with Crippen LogP contribution in [0.15, 0.2) is 48.5 Å². The van der Waals surface area contributed by atoms with E-state index < -0.39 is 0 Å². The highest BCUT2D eigenvalue weighted by Gasteiger charge is 2.23. The Morgan fingerprint density at radius 3 is 2.35 bits per heavy atom. The van der Waals surface area contributed by atoms with E-state index in [1.807, 2.05) is 18.2 Å². The van der Waals surface area contributed by atoms with Crippen LogP contribution in [0.4, 0.5) is 0 Å². The number of imidazole rings is 1. The van der Waals surface area contributed by atoms with E-state index in [1.54, 1.807) is 7.11 Å². The average Bonchev–Trinajstić information content (AvgIpc) is 2.71. The first-order valence-corrected chi connectivity index (χ1v) is 6.31. The van der Waals surface area contributed by atoms with Crippen LogP contribution in [0.5, 0.6) is 5.75 Å². The molecule has 0 bridgehead atoms. The van der Waals surface area contributed by atoms with E-state index in [0.717, 1.165) is 17.1 Å². The Hall–Kier alpha value is -1.56. The Labute approximate surface area is 135 Å². The van der Waals surface area contributed by atoms with Crippen molar-refractivity contribution in [1.29, 1.82) is 0 Å². The summed E-state index contributed by atoms with van der Waals surface area (Å²) in [7, 11) is 5.88. The summed E-state index contributed by atoms with van der Waals surface area (Å²) < 4.78 is 9.88. The Balaban J connectivity index is 0.00000147. The van der Waals surface area contributed by atoms with Crippen molar-refractivity contribution < 1.29 is 33.3 Å². The van der Waals surface area contributed by atoms with E-state index in [1.165, 1.54) is 11.0 Å². The van der Waals surface area contributed by atoms with Gasteiger partial charge in [-0.3, -0.25) is 0 Å². The van der Waals surface area contributed by atoms with Crippen molar-refractivity contribution in [3.05, 3.63) is 48.5 Å². The van der Waals surface area contributed by atoms with Gasteiger partial charge in [0.2, 0.25) is 0 Å². The molecule has 20 heavy (non-hydrogen) atoms. The van der Waals surface area contributed by atoms with E-state index >= 15 is 0 Å². The molecule has 1 aromatic heterocycles. The summed E-state index contributed by atoms with van der Waals surface area (Å²) in [6, 6.07) is 16.5. The molecule has 0 fully saturated rings. The van der Waals surface area contributed by atoms with Crippen molar-refractivity contribution in [1.82, 2.24) is 4.57 Å². The SMILES string of the molecule is COc1ccccc1-c1n(C)c2ccccc2[n+]1C.[I-]. The van der Waals surface area contributed by atoms with E-state index in [2.05, 4.69) is 53.6 Å². The molecule has 0 aliphatic rings.